The Morgan fingerprint density at radius 2 is 1.78 bits per heavy atom. The summed E-state index contributed by atoms with van der Waals surface area (Å²) in [6.45, 7) is 3.28. The standard InChI is InChI=1S/C37H37FN6O5S2/c1-23-31(51-33(41-23)29-8-5-19-50-29)36(47)43-16-13-27(28(20-43)24-6-3-2-4-7-24)34(45)42-17-14-37(48,15-18-42)21-44-22-40-32(30(39)35(44)46)49-26-11-9-25(38)10-12-26/h2-12,19,22,27-28,48H,13-18,20-21,39H2,1H3/t27-,28+/m1/s1. The minimum atomic E-state index is -1.27. The van der Waals surface area contributed by atoms with E-state index in [9.17, 15) is 23.9 Å². The van der Waals surface area contributed by atoms with Crippen molar-refractivity contribution in [3.8, 4) is 21.5 Å². The molecule has 0 spiro atoms. The number of hydrogen-bond donors (Lipinski definition) is 2. The van der Waals surface area contributed by atoms with E-state index in [0.29, 0.717) is 43.2 Å². The lowest BCUT2D eigenvalue weighted by Crippen LogP contribution is -2.53. The van der Waals surface area contributed by atoms with Crippen LogP contribution in [0.3, 0.4) is 0 Å². The quantitative estimate of drug-likeness (QED) is 0.212. The van der Waals surface area contributed by atoms with Gasteiger partial charge in [0, 0.05) is 38.0 Å². The molecule has 0 bridgehead atoms. The van der Waals surface area contributed by atoms with Gasteiger partial charge < -0.3 is 25.4 Å². The maximum atomic E-state index is 14.2. The zero-order chi connectivity index (χ0) is 35.7. The van der Waals surface area contributed by atoms with E-state index in [4.69, 9.17) is 10.5 Å². The molecule has 2 fully saturated rings. The maximum Gasteiger partial charge on any atom is 0.280 e. The van der Waals surface area contributed by atoms with Crippen LogP contribution in [0.2, 0.25) is 0 Å². The molecule has 7 rings (SSSR count). The first-order valence-electron chi connectivity index (χ1n) is 16.7. The molecule has 3 aromatic heterocycles. The molecule has 3 N–H and O–H groups in total. The number of likely N-dealkylation sites (tertiary alicyclic amines) is 2. The smallest absolute Gasteiger partial charge is 0.280 e. The Kier molecular flexibility index (Phi) is 9.73. The van der Waals surface area contributed by atoms with Crippen molar-refractivity contribution in [3.63, 3.8) is 0 Å². The highest BCUT2D eigenvalue weighted by Crippen LogP contribution is 2.38. The number of thiophene rings is 1. The fourth-order valence-corrected chi connectivity index (χ4v) is 8.70. The van der Waals surface area contributed by atoms with Gasteiger partial charge in [-0.2, -0.15) is 0 Å². The van der Waals surface area contributed by atoms with Gasteiger partial charge in [0.05, 0.1) is 22.7 Å². The molecule has 2 atom stereocenters. The SMILES string of the molecule is Cc1nc(-c2cccs2)sc1C(=O)N1CC[C@@H](C(=O)N2CCC(O)(Cn3cnc(Oc4ccc(F)cc4)c(N)c3=O)CC2)[C@H](c2ccccc2)C1. The highest BCUT2D eigenvalue weighted by atomic mass is 32.1. The number of ether oxygens (including phenoxy) is 1. The number of thiazole rings is 1. The molecular formula is C37H37FN6O5S2. The number of anilines is 1. The van der Waals surface area contributed by atoms with Crippen LogP contribution in [-0.4, -0.2) is 73.0 Å². The van der Waals surface area contributed by atoms with Gasteiger partial charge >= 0.3 is 0 Å². The Labute approximate surface area is 301 Å². The van der Waals surface area contributed by atoms with Crippen molar-refractivity contribution in [1.82, 2.24) is 24.3 Å². The minimum Gasteiger partial charge on any atom is -0.437 e. The second-order valence-corrected chi connectivity index (χ2v) is 15.0. The number of nitrogens with two attached hydrogens (primary N) is 1. The van der Waals surface area contributed by atoms with Crippen LogP contribution >= 0.6 is 22.7 Å². The van der Waals surface area contributed by atoms with Gasteiger partial charge in [-0.3, -0.25) is 19.0 Å². The number of aryl methyl sites for hydroxylation is 1. The van der Waals surface area contributed by atoms with Crippen molar-refractivity contribution in [3.05, 3.63) is 111 Å². The van der Waals surface area contributed by atoms with Gasteiger partial charge in [0.2, 0.25) is 11.8 Å². The summed E-state index contributed by atoms with van der Waals surface area (Å²) in [5.41, 5.74) is 5.68. The summed E-state index contributed by atoms with van der Waals surface area (Å²) in [5.74, 6) is -0.882. The number of carbonyl (C=O) groups excluding carboxylic acids is 2. The minimum absolute atomic E-state index is 0.00247. The zero-order valence-electron chi connectivity index (χ0n) is 27.9. The summed E-state index contributed by atoms with van der Waals surface area (Å²) in [5, 5.41) is 14.3. The van der Waals surface area contributed by atoms with Gasteiger partial charge in [-0.25, -0.2) is 14.4 Å². The van der Waals surface area contributed by atoms with Crippen molar-refractivity contribution in [2.75, 3.05) is 31.9 Å². The number of halogens is 1. The summed E-state index contributed by atoms with van der Waals surface area (Å²) in [4.78, 5) is 55.2. The topological polar surface area (TPSA) is 144 Å². The first-order chi connectivity index (χ1) is 24.6. The lowest BCUT2D eigenvalue weighted by Gasteiger charge is -2.43. The number of nitrogen functional groups attached to an aromatic ring is 1. The van der Waals surface area contributed by atoms with Crippen molar-refractivity contribution < 1.29 is 23.8 Å². The molecular weight excluding hydrogens is 692 g/mol. The third-order valence-electron chi connectivity index (χ3n) is 9.70. The first kappa shape index (κ1) is 34.5. The van der Waals surface area contributed by atoms with Crippen LogP contribution in [-0.2, 0) is 11.3 Å². The maximum absolute atomic E-state index is 14.2. The van der Waals surface area contributed by atoms with Crippen LogP contribution in [0.15, 0.2) is 83.2 Å². The fourth-order valence-electron chi connectivity index (χ4n) is 6.87. The first-order valence-corrected chi connectivity index (χ1v) is 18.4. The average molecular weight is 729 g/mol. The normalized spacial score (nSPS) is 18.8. The number of hydrogen-bond acceptors (Lipinski definition) is 10. The second-order valence-electron chi connectivity index (χ2n) is 13.1. The van der Waals surface area contributed by atoms with Crippen molar-refractivity contribution in [1.29, 1.82) is 0 Å². The van der Waals surface area contributed by atoms with Crippen LogP contribution in [0.4, 0.5) is 10.1 Å². The van der Waals surface area contributed by atoms with Gasteiger partial charge in [-0.05, 0) is 67.5 Å². The Morgan fingerprint density at radius 1 is 1.04 bits per heavy atom. The molecule has 0 saturated carbocycles. The molecule has 2 aromatic carbocycles. The van der Waals surface area contributed by atoms with E-state index < -0.39 is 17.0 Å². The van der Waals surface area contributed by atoms with Crippen LogP contribution in [0.5, 0.6) is 11.6 Å². The van der Waals surface area contributed by atoms with Crippen LogP contribution < -0.4 is 16.0 Å². The van der Waals surface area contributed by atoms with Gasteiger partial charge in [0.15, 0.2) is 5.69 Å². The van der Waals surface area contributed by atoms with Crippen LogP contribution in [0.1, 0.15) is 46.1 Å². The van der Waals surface area contributed by atoms with E-state index in [1.807, 2.05) is 59.7 Å². The van der Waals surface area contributed by atoms with E-state index in [0.717, 1.165) is 15.4 Å². The predicted octanol–water partition coefficient (Wildman–Crippen LogP) is 5.55. The predicted molar refractivity (Wildman–Crippen MR) is 194 cm³/mol. The van der Waals surface area contributed by atoms with Crippen LogP contribution in [0.25, 0.3) is 9.88 Å². The number of benzene rings is 2. The summed E-state index contributed by atoms with van der Waals surface area (Å²) in [7, 11) is 0. The molecule has 11 nitrogen and oxygen atoms in total. The molecule has 0 radical (unpaired) electrons. The fraction of sp³-hybridized carbons (Fsp3) is 0.324. The van der Waals surface area contributed by atoms with Gasteiger partial charge in [0.25, 0.3) is 11.5 Å². The monoisotopic (exact) mass is 728 g/mol. The van der Waals surface area contributed by atoms with Crippen molar-refractivity contribution >= 4 is 40.2 Å². The molecule has 5 heterocycles. The Morgan fingerprint density at radius 3 is 2.49 bits per heavy atom. The number of piperidine rings is 2. The molecule has 0 unspecified atom stereocenters. The van der Waals surface area contributed by atoms with E-state index >= 15 is 0 Å². The third kappa shape index (κ3) is 7.30. The van der Waals surface area contributed by atoms with E-state index in [1.54, 1.807) is 16.2 Å². The molecule has 2 aliphatic heterocycles. The van der Waals surface area contributed by atoms with Crippen molar-refractivity contribution in [2.45, 2.75) is 44.2 Å². The summed E-state index contributed by atoms with van der Waals surface area (Å²) in [6.07, 6.45) is 2.28. The molecule has 264 valence electrons. The molecule has 2 amide bonds. The molecule has 5 aromatic rings. The summed E-state index contributed by atoms with van der Waals surface area (Å²) in [6, 6.07) is 19.1. The molecule has 51 heavy (non-hydrogen) atoms. The van der Waals surface area contributed by atoms with E-state index in [2.05, 4.69) is 9.97 Å². The zero-order valence-corrected chi connectivity index (χ0v) is 29.5. The Hall–Kier alpha value is -4.92. The van der Waals surface area contributed by atoms with Crippen molar-refractivity contribution in [2.24, 2.45) is 5.92 Å². The number of aromatic nitrogens is 3. The molecule has 2 aliphatic rings. The lowest BCUT2D eigenvalue weighted by atomic mass is 9.79. The highest BCUT2D eigenvalue weighted by Gasteiger charge is 2.42. The largest absolute Gasteiger partial charge is 0.437 e. The lowest BCUT2D eigenvalue weighted by molar-refractivity contribution is -0.142. The number of amides is 2. The number of aliphatic hydroxyl groups is 1. The van der Waals surface area contributed by atoms with Gasteiger partial charge in [-0.1, -0.05) is 36.4 Å². The third-order valence-corrected chi connectivity index (χ3v) is 11.9. The van der Waals surface area contributed by atoms with Crippen LogP contribution in [0, 0.1) is 18.7 Å². The summed E-state index contributed by atoms with van der Waals surface area (Å²) < 4.78 is 20.1. The van der Waals surface area contributed by atoms with Gasteiger partial charge in [0.1, 0.15) is 27.8 Å². The second kappa shape index (κ2) is 14.4. The molecule has 2 saturated heterocycles. The van der Waals surface area contributed by atoms with Gasteiger partial charge in [-0.15, -0.1) is 22.7 Å². The average Bonchev–Trinajstić information content (AvgIpc) is 3.82. The Balaban J connectivity index is 1.02. The van der Waals surface area contributed by atoms with E-state index in [-0.39, 0.29) is 60.4 Å². The number of rotatable bonds is 8. The summed E-state index contributed by atoms with van der Waals surface area (Å²) >= 11 is 3.00. The molecule has 0 aliphatic carbocycles. The molecule has 14 heteroatoms. The van der Waals surface area contributed by atoms with E-state index in [1.165, 1.54) is 46.5 Å². The number of nitrogens with zero attached hydrogens (tertiary/aromatic N) is 5. The highest BCUT2D eigenvalue weighted by molar-refractivity contribution is 7.22. The Bertz CT molecular complexity index is 2080. The number of carbonyl (C=O) groups is 2.